The summed E-state index contributed by atoms with van der Waals surface area (Å²) in [5, 5.41) is 2.65. The average molecular weight is 364 g/mol. The quantitative estimate of drug-likeness (QED) is 0.750. The molecule has 0 saturated heterocycles. The summed E-state index contributed by atoms with van der Waals surface area (Å²) in [5.74, 6) is -0.344. The second-order valence-electron chi connectivity index (χ2n) is 7.33. The zero-order valence-electron chi connectivity index (χ0n) is 15.2. The first-order chi connectivity index (χ1) is 10.8. The Bertz CT molecular complexity index is 567. The molecule has 1 fully saturated rings. The van der Waals surface area contributed by atoms with Crippen LogP contribution in [0.3, 0.4) is 0 Å². The van der Waals surface area contributed by atoms with Gasteiger partial charge in [0.05, 0.1) is 18.4 Å². The van der Waals surface area contributed by atoms with E-state index in [-0.39, 0.29) is 11.8 Å². The molecule has 0 unspecified atom stereocenters. The second kappa shape index (κ2) is 7.69. The number of amides is 2. The first-order valence-corrected chi connectivity index (χ1v) is 9.69. The number of hydrogen-bond donors (Lipinski definition) is 1. The number of ether oxygens (including phenoxy) is 1. The summed E-state index contributed by atoms with van der Waals surface area (Å²) in [6.07, 6.45) is 0.762. The van der Waals surface area contributed by atoms with Gasteiger partial charge in [-0.1, -0.05) is 0 Å². The summed E-state index contributed by atoms with van der Waals surface area (Å²) in [7, 11) is -0.340. The largest absolute Gasteiger partial charge is 0.444 e. The number of alkyl carbamates (subject to hydrolysis) is 1. The zero-order valence-corrected chi connectivity index (χ0v) is 16.0. The van der Waals surface area contributed by atoms with Gasteiger partial charge in [0.25, 0.3) is 10.1 Å². The molecule has 8 nitrogen and oxygen atoms in total. The molecule has 0 radical (unpaired) electrons. The number of nitrogens with zero attached hydrogens (tertiary/aromatic N) is 1. The van der Waals surface area contributed by atoms with E-state index in [0.29, 0.717) is 19.3 Å². The van der Waals surface area contributed by atoms with E-state index in [1.807, 2.05) is 0 Å². The third kappa shape index (κ3) is 7.04. The highest BCUT2D eigenvalue weighted by molar-refractivity contribution is 7.86. The van der Waals surface area contributed by atoms with Crippen LogP contribution >= 0.6 is 0 Å². The number of nitrogens with one attached hydrogen (secondary N) is 1. The highest BCUT2D eigenvalue weighted by atomic mass is 32.2. The average Bonchev–Trinajstić information content (AvgIpc) is 2.35. The van der Waals surface area contributed by atoms with E-state index in [9.17, 15) is 18.0 Å². The molecule has 0 heterocycles. The standard InChI is InChI=1S/C15H28N2O6S/c1-15(2,3)22-14(19)16-11-9-10(13(18)17(4)5)7-8-12(11)23-24(6,20)21/h10-12H,7-9H2,1-6H3,(H,16,19)/t10-,11+,12+/m0/s1. The molecule has 0 spiro atoms. The van der Waals surface area contributed by atoms with E-state index in [0.717, 1.165) is 6.26 Å². The maximum atomic E-state index is 12.2. The molecular weight excluding hydrogens is 336 g/mol. The van der Waals surface area contributed by atoms with E-state index < -0.39 is 34.0 Å². The summed E-state index contributed by atoms with van der Waals surface area (Å²) >= 11 is 0. The van der Waals surface area contributed by atoms with Gasteiger partial charge in [0.15, 0.2) is 0 Å². The SMILES string of the molecule is CN(C)C(=O)[C@H]1CC[C@@H](OS(C)(=O)=O)[C@H](NC(=O)OC(C)(C)C)C1. The summed E-state index contributed by atoms with van der Waals surface area (Å²) in [4.78, 5) is 25.7. The molecule has 24 heavy (non-hydrogen) atoms. The molecule has 1 aliphatic rings. The van der Waals surface area contributed by atoms with Crippen molar-refractivity contribution in [3.63, 3.8) is 0 Å². The van der Waals surface area contributed by atoms with Gasteiger partial charge in [0.2, 0.25) is 5.91 Å². The fourth-order valence-corrected chi connectivity index (χ4v) is 3.36. The Balaban J connectivity index is 2.86. The van der Waals surface area contributed by atoms with Crippen molar-refractivity contribution >= 4 is 22.1 Å². The van der Waals surface area contributed by atoms with Crippen molar-refractivity contribution in [2.45, 2.75) is 57.8 Å². The minimum Gasteiger partial charge on any atom is -0.444 e. The van der Waals surface area contributed by atoms with E-state index in [1.54, 1.807) is 34.9 Å². The lowest BCUT2D eigenvalue weighted by Gasteiger charge is -2.36. The van der Waals surface area contributed by atoms with Crippen LogP contribution in [0.5, 0.6) is 0 Å². The Labute approximate surface area is 144 Å². The van der Waals surface area contributed by atoms with E-state index in [4.69, 9.17) is 8.92 Å². The van der Waals surface area contributed by atoms with Crippen LogP contribution in [0, 0.1) is 5.92 Å². The van der Waals surface area contributed by atoms with Crippen LogP contribution < -0.4 is 5.32 Å². The molecule has 9 heteroatoms. The van der Waals surface area contributed by atoms with Gasteiger partial charge in [-0.15, -0.1) is 0 Å². The summed E-state index contributed by atoms with van der Waals surface area (Å²) < 4.78 is 33.2. The number of carbonyl (C=O) groups excluding carboxylic acids is 2. The Morgan fingerprint density at radius 2 is 1.75 bits per heavy atom. The molecular formula is C15H28N2O6S. The molecule has 1 N–H and O–H groups in total. The van der Waals surface area contributed by atoms with Gasteiger partial charge in [-0.05, 0) is 40.0 Å². The normalized spacial score (nSPS) is 25.0. The predicted octanol–water partition coefficient (Wildman–Crippen LogP) is 1.11. The summed E-state index contributed by atoms with van der Waals surface area (Å²) in [6.45, 7) is 5.20. The topological polar surface area (TPSA) is 102 Å². The molecule has 0 aromatic carbocycles. The first kappa shape index (κ1) is 20.7. The fraction of sp³-hybridized carbons (Fsp3) is 0.867. The predicted molar refractivity (Wildman–Crippen MR) is 88.9 cm³/mol. The lowest BCUT2D eigenvalue weighted by Crippen LogP contribution is -2.51. The Hall–Kier alpha value is -1.35. The van der Waals surface area contributed by atoms with Gasteiger partial charge in [0, 0.05) is 20.0 Å². The zero-order chi connectivity index (χ0) is 18.7. The molecule has 0 aromatic rings. The number of carbonyl (C=O) groups is 2. The number of rotatable bonds is 4. The molecule has 0 aromatic heterocycles. The van der Waals surface area contributed by atoms with Crippen LogP contribution in [0.4, 0.5) is 4.79 Å². The highest BCUT2D eigenvalue weighted by Crippen LogP contribution is 2.29. The van der Waals surface area contributed by atoms with Gasteiger partial charge in [-0.25, -0.2) is 4.79 Å². The molecule has 1 saturated carbocycles. The summed E-state index contributed by atoms with van der Waals surface area (Å²) in [5.41, 5.74) is -0.676. The molecule has 0 bridgehead atoms. The van der Waals surface area contributed by atoms with Crippen molar-refractivity contribution in [1.29, 1.82) is 0 Å². The van der Waals surface area contributed by atoms with Crippen LogP contribution in [0.2, 0.25) is 0 Å². The van der Waals surface area contributed by atoms with Crippen LogP contribution in [0.1, 0.15) is 40.0 Å². The van der Waals surface area contributed by atoms with Crippen molar-refractivity contribution < 1.29 is 26.9 Å². The fourth-order valence-electron chi connectivity index (χ4n) is 2.68. The molecule has 140 valence electrons. The van der Waals surface area contributed by atoms with Crippen LogP contribution in [-0.2, 0) is 23.8 Å². The van der Waals surface area contributed by atoms with Crippen LogP contribution in [0.15, 0.2) is 0 Å². The van der Waals surface area contributed by atoms with Gasteiger partial charge in [-0.2, -0.15) is 8.42 Å². The van der Waals surface area contributed by atoms with Crippen molar-refractivity contribution in [3.05, 3.63) is 0 Å². The van der Waals surface area contributed by atoms with Crippen molar-refractivity contribution in [2.75, 3.05) is 20.4 Å². The van der Waals surface area contributed by atoms with Gasteiger partial charge < -0.3 is 15.0 Å². The Kier molecular flexibility index (Phi) is 6.63. The van der Waals surface area contributed by atoms with Gasteiger partial charge in [0.1, 0.15) is 5.60 Å². The van der Waals surface area contributed by atoms with Crippen molar-refractivity contribution in [2.24, 2.45) is 5.92 Å². The Morgan fingerprint density at radius 1 is 1.17 bits per heavy atom. The third-order valence-corrected chi connectivity index (χ3v) is 4.17. The molecule has 1 rings (SSSR count). The molecule has 0 aliphatic heterocycles. The maximum Gasteiger partial charge on any atom is 0.407 e. The van der Waals surface area contributed by atoms with Crippen LogP contribution in [0.25, 0.3) is 0 Å². The lowest BCUT2D eigenvalue weighted by molar-refractivity contribution is -0.134. The van der Waals surface area contributed by atoms with E-state index in [1.165, 1.54) is 4.90 Å². The second-order valence-corrected chi connectivity index (χ2v) is 8.93. The van der Waals surface area contributed by atoms with Crippen LogP contribution in [-0.4, -0.2) is 63.4 Å². The minimum atomic E-state index is -3.67. The first-order valence-electron chi connectivity index (χ1n) is 7.87. The molecule has 2 amide bonds. The maximum absolute atomic E-state index is 12.2. The third-order valence-electron chi connectivity index (χ3n) is 3.58. The van der Waals surface area contributed by atoms with E-state index >= 15 is 0 Å². The van der Waals surface area contributed by atoms with Crippen molar-refractivity contribution in [1.82, 2.24) is 10.2 Å². The minimum absolute atomic E-state index is 0.0520. The van der Waals surface area contributed by atoms with Crippen molar-refractivity contribution in [3.8, 4) is 0 Å². The van der Waals surface area contributed by atoms with E-state index in [2.05, 4.69) is 5.32 Å². The Morgan fingerprint density at radius 3 is 2.21 bits per heavy atom. The smallest absolute Gasteiger partial charge is 0.407 e. The lowest BCUT2D eigenvalue weighted by atomic mass is 9.83. The number of hydrogen-bond acceptors (Lipinski definition) is 6. The van der Waals surface area contributed by atoms with Gasteiger partial charge >= 0.3 is 6.09 Å². The van der Waals surface area contributed by atoms with Gasteiger partial charge in [-0.3, -0.25) is 8.98 Å². The monoisotopic (exact) mass is 364 g/mol. The summed E-state index contributed by atoms with van der Waals surface area (Å²) in [6, 6.07) is -0.614. The highest BCUT2D eigenvalue weighted by Gasteiger charge is 2.38. The molecule has 1 aliphatic carbocycles. The molecule has 3 atom stereocenters.